The average molecular weight is 341 g/mol. The molecule has 1 N–H and O–H groups in total. The van der Waals surface area contributed by atoms with E-state index in [4.69, 9.17) is 4.74 Å². The normalized spacial score (nSPS) is 32.4. The van der Waals surface area contributed by atoms with Crippen molar-refractivity contribution in [3.8, 4) is 0 Å². The molecule has 1 aromatic rings. The highest BCUT2D eigenvalue weighted by Gasteiger charge is 2.51. The summed E-state index contributed by atoms with van der Waals surface area (Å²) >= 11 is 0. The molecular formula is C21H27NO3. The standard InChI is InChI=1S/C21H27NO3/c1-14-2-4-18(5-3-14)22-19(23)13-25-20(24)12-21-9-15-6-16(10-21)8-17(7-15)11-21/h2-5,15-17H,6-13H2,1H3,(H,22,23). The molecule has 4 aliphatic rings. The summed E-state index contributed by atoms with van der Waals surface area (Å²) in [5.41, 5.74) is 2.03. The summed E-state index contributed by atoms with van der Waals surface area (Å²) in [6.07, 6.45) is 8.15. The van der Waals surface area contributed by atoms with Gasteiger partial charge >= 0.3 is 5.97 Å². The summed E-state index contributed by atoms with van der Waals surface area (Å²) in [4.78, 5) is 24.3. The molecule has 0 radical (unpaired) electrons. The zero-order valence-electron chi connectivity index (χ0n) is 14.9. The Morgan fingerprint density at radius 2 is 1.60 bits per heavy atom. The van der Waals surface area contributed by atoms with Gasteiger partial charge in [-0.05, 0) is 80.8 Å². The van der Waals surface area contributed by atoms with Gasteiger partial charge in [0, 0.05) is 5.69 Å². The van der Waals surface area contributed by atoms with Gasteiger partial charge in [0.15, 0.2) is 6.61 Å². The summed E-state index contributed by atoms with van der Waals surface area (Å²) in [5.74, 6) is 1.99. The lowest BCUT2D eigenvalue weighted by Crippen LogP contribution is -2.47. The van der Waals surface area contributed by atoms with Crippen LogP contribution in [0.25, 0.3) is 0 Å². The first kappa shape index (κ1) is 16.6. The van der Waals surface area contributed by atoms with Gasteiger partial charge in [-0.15, -0.1) is 0 Å². The van der Waals surface area contributed by atoms with E-state index in [9.17, 15) is 9.59 Å². The van der Waals surface area contributed by atoms with Crippen molar-refractivity contribution in [2.24, 2.45) is 23.2 Å². The summed E-state index contributed by atoms with van der Waals surface area (Å²) in [6, 6.07) is 7.58. The highest BCUT2D eigenvalue weighted by Crippen LogP contribution is 2.61. The van der Waals surface area contributed by atoms with Gasteiger partial charge in [-0.2, -0.15) is 0 Å². The number of carbonyl (C=O) groups excluding carboxylic acids is 2. The fraction of sp³-hybridized carbons (Fsp3) is 0.619. The van der Waals surface area contributed by atoms with Crippen molar-refractivity contribution in [2.75, 3.05) is 11.9 Å². The zero-order chi connectivity index (χ0) is 17.4. The molecule has 0 atom stereocenters. The Kier molecular flexibility index (Phi) is 4.30. The number of esters is 1. The van der Waals surface area contributed by atoms with Crippen molar-refractivity contribution >= 4 is 17.6 Å². The first-order valence-electron chi connectivity index (χ1n) is 9.52. The number of amides is 1. The number of hydrogen-bond donors (Lipinski definition) is 1. The fourth-order valence-electron chi connectivity index (χ4n) is 5.84. The van der Waals surface area contributed by atoms with Crippen molar-refractivity contribution in [1.29, 1.82) is 0 Å². The molecule has 1 amide bonds. The van der Waals surface area contributed by atoms with E-state index < -0.39 is 0 Å². The lowest BCUT2D eigenvalue weighted by Gasteiger charge is -2.56. The highest BCUT2D eigenvalue weighted by atomic mass is 16.5. The maximum Gasteiger partial charge on any atom is 0.306 e. The molecule has 4 saturated carbocycles. The molecule has 134 valence electrons. The topological polar surface area (TPSA) is 55.4 Å². The van der Waals surface area contributed by atoms with Crippen LogP contribution in [0.5, 0.6) is 0 Å². The molecule has 1 aromatic carbocycles. The number of carbonyl (C=O) groups is 2. The molecule has 0 spiro atoms. The molecule has 0 aromatic heterocycles. The van der Waals surface area contributed by atoms with E-state index in [-0.39, 0.29) is 23.9 Å². The number of aryl methyl sites for hydroxylation is 1. The van der Waals surface area contributed by atoms with Crippen molar-refractivity contribution in [1.82, 2.24) is 0 Å². The highest BCUT2D eigenvalue weighted by molar-refractivity contribution is 5.92. The Hall–Kier alpha value is -1.84. The van der Waals surface area contributed by atoms with Gasteiger partial charge in [0.25, 0.3) is 5.91 Å². The largest absolute Gasteiger partial charge is 0.456 e. The van der Waals surface area contributed by atoms with Crippen molar-refractivity contribution in [3.05, 3.63) is 29.8 Å². The van der Waals surface area contributed by atoms with Gasteiger partial charge in [-0.25, -0.2) is 0 Å². The summed E-state index contributed by atoms with van der Waals surface area (Å²) in [6.45, 7) is 1.80. The van der Waals surface area contributed by atoms with E-state index in [1.807, 2.05) is 31.2 Å². The third kappa shape index (κ3) is 3.73. The van der Waals surface area contributed by atoms with E-state index in [0.717, 1.165) is 29.0 Å². The van der Waals surface area contributed by atoms with Gasteiger partial charge < -0.3 is 10.1 Å². The van der Waals surface area contributed by atoms with Gasteiger partial charge in [0.1, 0.15) is 0 Å². The Balaban J connectivity index is 1.26. The van der Waals surface area contributed by atoms with Crippen LogP contribution >= 0.6 is 0 Å². The number of nitrogens with one attached hydrogen (secondary N) is 1. The number of anilines is 1. The molecule has 5 rings (SSSR count). The quantitative estimate of drug-likeness (QED) is 0.821. The molecule has 0 aliphatic heterocycles. The lowest BCUT2D eigenvalue weighted by atomic mass is 9.49. The first-order valence-corrected chi connectivity index (χ1v) is 9.52. The number of benzene rings is 1. The van der Waals surface area contributed by atoms with E-state index in [1.165, 1.54) is 38.5 Å². The Labute approximate surface area is 149 Å². The van der Waals surface area contributed by atoms with Crippen LogP contribution < -0.4 is 5.32 Å². The fourth-order valence-corrected chi connectivity index (χ4v) is 5.84. The summed E-state index contributed by atoms with van der Waals surface area (Å²) in [5, 5.41) is 2.77. The molecule has 4 heteroatoms. The predicted molar refractivity (Wildman–Crippen MR) is 96.0 cm³/mol. The van der Waals surface area contributed by atoms with E-state index in [0.29, 0.717) is 6.42 Å². The minimum Gasteiger partial charge on any atom is -0.456 e. The molecule has 0 saturated heterocycles. The molecule has 0 heterocycles. The molecule has 4 aliphatic carbocycles. The minimum absolute atomic E-state index is 0.166. The number of hydrogen-bond acceptors (Lipinski definition) is 3. The second-order valence-electron chi connectivity index (χ2n) is 8.67. The SMILES string of the molecule is Cc1ccc(NC(=O)COC(=O)CC23CC4CC(CC(C4)C2)C3)cc1. The second kappa shape index (κ2) is 6.47. The first-order chi connectivity index (χ1) is 12.0. The van der Waals surface area contributed by atoms with Crippen molar-refractivity contribution in [3.63, 3.8) is 0 Å². The number of rotatable bonds is 5. The monoisotopic (exact) mass is 341 g/mol. The molecule has 0 unspecified atom stereocenters. The van der Waals surface area contributed by atoms with E-state index in [2.05, 4.69) is 5.32 Å². The maximum atomic E-state index is 12.3. The third-order valence-electron chi connectivity index (χ3n) is 6.38. The van der Waals surface area contributed by atoms with Gasteiger partial charge in [-0.3, -0.25) is 9.59 Å². The molecule has 25 heavy (non-hydrogen) atoms. The van der Waals surface area contributed by atoms with Gasteiger partial charge in [-0.1, -0.05) is 17.7 Å². The van der Waals surface area contributed by atoms with E-state index >= 15 is 0 Å². The van der Waals surface area contributed by atoms with Crippen LogP contribution in [0.15, 0.2) is 24.3 Å². The van der Waals surface area contributed by atoms with Gasteiger partial charge in [0.2, 0.25) is 0 Å². The molecule has 4 bridgehead atoms. The lowest BCUT2D eigenvalue weighted by molar-refractivity contribution is -0.154. The third-order valence-corrected chi connectivity index (χ3v) is 6.38. The predicted octanol–water partition coefficient (Wildman–Crippen LogP) is 4.08. The van der Waals surface area contributed by atoms with Crippen LogP contribution in [0.4, 0.5) is 5.69 Å². The summed E-state index contributed by atoms with van der Waals surface area (Å²) in [7, 11) is 0. The average Bonchev–Trinajstić information content (AvgIpc) is 2.53. The molecule has 4 nitrogen and oxygen atoms in total. The Bertz CT molecular complexity index is 629. The van der Waals surface area contributed by atoms with Crippen LogP contribution in [0.1, 0.15) is 50.5 Å². The van der Waals surface area contributed by atoms with Crippen LogP contribution in [0.3, 0.4) is 0 Å². The van der Waals surface area contributed by atoms with Crippen molar-refractivity contribution in [2.45, 2.75) is 51.9 Å². The number of ether oxygens (including phenoxy) is 1. The van der Waals surface area contributed by atoms with Crippen molar-refractivity contribution < 1.29 is 14.3 Å². The van der Waals surface area contributed by atoms with Crippen LogP contribution in [0.2, 0.25) is 0 Å². The van der Waals surface area contributed by atoms with E-state index in [1.54, 1.807) is 0 Å². The van der Waals surface area contributed by atoms with Crippen LogP contribution in [-0.4, -0.2) is 18.5 Å². The Morgan fingerprint density at radius 3 is 2.16 bits per heavy atom. The molecule has 4 fully saturated rings. The maximum absolute atomic E-state index is 12.3. The second-order valence-corrected chi connectivity index (χ2v) is 8.67. The summed E-state index contributed by atoms with van der Waals surface area (Å²) < 4.78 is 5.29. The molecular weight excluding hydrogens is 314 g/mol. The Morgan fingerprint density at radius 1 is 1.04 bits per heavy atom. The minimum atomic E-state index is -0.275. The van der Waals surface area contributed by atoms with Gasteiger partial charge in [0.05, 0.1) is 6.42 Å². The van der Waals surface area contributed by atoms with Crippen LogP contribution in [-0.2, 0) is 14.3 Å². The van der Waals surface area contributed by atoms with Crippen LogP contribution in [0, 0.1) is 30.1 Å². The zero-order valence-corrected chi connectivity index (χ0v) is 14.9. The smallest absolute Gasteiger partial charge is 0.306 e.